The van der Waals surface area contributed by atoms with Crippen molar-refractivity contribution in [3.05, 3.63) is 40.7 Å². The molecule has 2 heterocycles. The Kier molecular flexibility index (Phi) is 4.90. The maximum Gasteiger partial charge on any atom is 0.243 e. The van der Waals surface area contributed by atoms with Crippen LogP contribution in [0, 0.1) is 13.8 Å². The minimum atomic E-state index is -3.65. The summed E-state index contributed by atoms with van der Waals surface area (Å²) in [4.78, 5) is 13.8. The molecule has 3 rings (SSSR count). The van der Waals surface area contributed by atoms with E-state index < -0.39 is 10.0 Å². The van der Waals surface area contributed by atoms with Crippen molar-refractivity contribution < 1.29 is 13.2 Å². The Hall–Kier alpha value is -2.19. The lowest BCUT2D eigenvalue weighted by Crippen LogP contribution is -2.33. The number of sulfonamides is 1. The highest BCUT2D eigenvalue weighted by molar-refractivity contribution is 7.89. The van der Waals surface area contributed by atoms with Crippen LogP contribution in [0.15, 0.2) is 23.1 Å². The van der Waals surface area contributed by atoms with Crippen molar-refractivity contribution >= 4 is 21.6 Å². The standard InChI is InChI=1S/C19H26N4O3S/c1-12-9-16-10-17(7-8-19(16)23(12)15(4)24)27(25,26)21(5)11-18-13(2)20-22(6)14(18)3/h7-8,10,12H,9,11H2,1-6H3/t12-/m1/s1. The summed E-state index contributed by atoms with van der Waals surface area (Å²) in [5.41, 5.74) is 4.39. The molecule has 0 bridgehead atoms. The monoisotopic (exact) mass is 390 g/mol. The second-order valence-corrected chi connectivity index (χ2v) is 9.31. The molecule has 1 aliphatic heterocycles. The Labute approximate surface area is 160 Å². The Balaban J connectivity index is 1.92. The van der Waals surface area contributed by atoms with E-state index in [0.717, 1.165) is 28.2 Å². The molecule has 27 heavy (non-hydrogen) atoms. The average Bonchev–Trinajstić information content (AvgIpc) is 3.04. The molecule has 1 atom stereocenters. The van der Waals surface area contributed by atoms with E-state index in [1.54, 1.807) is 34.8 Å². The molecule has 0 N–H and O–H groups in total. The van der Waals surface area contributed by atoms with Crippen LogP contribution in [0.5, 0.6) is 0 Å². The number of benzene rings is 1. The maximum atomic E-state index is 13.1. The number of hydrogen-bond acceptors (Lipinski definition) is 4. The highest BCUT2D eigenvalue weighted by Crippen LogP contribution is 2.34. The molecular weight excluding hydrogens is 364 g/mol. The molecule has 0 saturated carbocycles. The minimum absolute atomic E-state index is 0.0310. The van der Waals surface area contributed by atoms with Crippen molar-refractivity contribution in [1.82, 2.24) is 14.1 Å². The van der Waals surface area contributed by atoms with E-state index >= 15 is 0 Å². The van der Waals surface area contributed by atoms with Gasteiger partial charge in [0.15, 0.2) is 0 Å². The van der Waals surface area contributed by atoms with Gasteiger partial charge >= 0.3 is 0 Å². The largest absolute Gasteiger partial charge is 0.309 e. The number of nitrogens with zero attached hydrogens (tertiary/aromatic N) is 4. The predicted molar refractivity (Wildman–Crippen MR) is 104 cm³/mol. The van der Waals surface area contributed by atoms with Gasteiger partial charge in [-0.25, -0.2) is 8.42 Å². The van der Waals surface area contributed by atoms with Gasteiger partial charge in [-0.2, -0.15) is 9.40 Å². The third-order valence-corrected chi connectivity index (χ3v) is 7.15. The first-order valence-electron chi connectivity index (χ1n) is 8.92. The third kappa shape index (κ3) is 3.27. The zero-order chi connectivity index (χ0) is 20.1. The summed E-state index contributed by atoms with van der Waals surface area (Å²) in [5.74, 6) is -0.0310. The zero-order valence-corrected chi connectivity index (χ0v) is 17.5. The van der Waals surface area contributed by atoms with Crippen molar-refractivity contribution in [1.29, 1.82) is 0 Å². The predicted octanol–water partition coefficient (Wildman–Crippen LogP) is 2.16. The van der Waals surface area contributed by atoms with Crippen molar-refractivity contribution in [3.63, 3.8) is 0 Å². The minimum Gasteiger partial charge on any atom is -0.309 e. The first-order valence-corrected chi connectivity index (χ1v) is 10.4. The molecule has 1 amide bonds. The van der Waals surface area contributed by atoms with Gasteiger partial charge in [-0.05, 0) is 51.0 Å². The molecule has 0 spiro atoms. The highest BCUT2D eigenvalue weighted by atomic mass is 32.2. The van der Waals surface area contributed by atoms with Crippen LogP contribution in [-0.2, 0) is 34.8 Å². The Bertz CT molecular complexity index is 1010. The molecule has 1 aliphatic rings. The lowest BCUT2D eigenvalue weighted by molar-refractivity contribution is -0.116. The fraction of sp³-hybridized carbons (Fsp3) is 0.474. The van der Waals surface area contributed by atoms with Gasteiger partial charge in [-0.3, -0.25) is 9.48 Å². The molecular formula is C19H26N4O3S. The van der Waals surface area contributed by atoms with Gasteiger partial charge in [0.25, 0.3) is 0 Å². The van der Waals surface area contributed by atoms with Gasteiger partial charge < -0.3 is 4.90 Å². The molecule has 1 aromatic carbocycles. The normalized spacial score (nSPS) is 16.9. The fourth-order valence-corrected chi connectivity index (χ4v) is 4.97. The zero-order valence-electron chi connectivity index (χ0n) is 16.6. The summed E-state index contributed by atoms with van der Waals surface area (Å²) >= 11 is 0. The van der Waals surface area contributed by atoms with E-state index in [0.29, 0.717) is 6.42 Å². The van der Waals surface area contributed by atoms with Gasteiger partial charge in [0.05, 0.1) is 10.6 Å². The number of carbonyl (C=O) groups is 1. The molecule has 1 aromatic heterocycles. The van der Waals surface area contributed by atoms with E-state index in [1.807, 2.05) is 27.8 Å². The van der Waals surface area contributed by atoms with Crippen molar-refractivity contribution in [2.24, 2.45) is 7.05 Å². The fourth-order valence-electron chi connectivity index (χ4n) is 3.78. The topological polar surface area (TPSA) is 75.5 Å². The van der Waals surface area contributed by atoms with Crippen LogP contribution in [-0.4, -0.2) is 41.5 Å². The number of anilines is 1. The summed E-state index contributed by atoms with van der Waals surface area (Å²) < 4.78 is 29.3. The molecule has 2 aromatic rings. The molecule has 7 nitrogen and oxygen atoms in total. The molecule has 8 heteroatoms. The lowest BCUT2D eigenvalue weighted by atomic mass is 10.1. The Morgan fingerprint density at radius 1 is 1.33 bits per heavy atom. The van der Waals surface area contributed by atoms with Gasteiger partial charge in [0.1, 0.15) is 0 Å². The van der Waals surface area contributed by atoms with Crippen LogP contribution in [0.3, 0.4) is 0 Å². The summed E-state index contributed by atoms with van der Waals surface area (Å²) in [6.45, 7) is 7.58. The van der Waals surface area contributed by atoms with Crippen molar-refractivity contribution in [3.8, 4) is 0 Å². The average molecular weight is 391 g/mol. The molecule has 0 fully saturated rings. The van der Waals surface area contributed by atoms with Crippen molar-refractivity contribution in [2.75, 3.05) is 11.9 Å². The first kappa shape index (κ1) is 19.6. The summed E-state index contributed by atoms with van der Waals surface area (Å²) in [7, 11) is -0.213. The number of rotatable bonds is 4. The molecule has 146 valence electrons. The van der Waals surface area contributed by atoms with Gasteiger partial charge in [0, 0.05) is 50.6 Å². The highest BCUT2D eigenvalue weighted by Gasteiger charge is 2.31. The van der Waals surface area contributed by atoms with E-state index in [1.165, 1.54) is 11.2 Å². The molecule has 0 unspecified atom stereocenters. The molecule has 0 saturated heterocycles. The van der Waals surface area contributed by atoms with Gasteiger partial charge in [-0.1, -0.05) is 0 Å². The second-order valence-electron chi connectivity index (χ2n) is 7.27. The third-order valence-electron chi connectivity index (χ3n) is 5.35. The van der Waals surface area contributed by atoms with E-state index in [9.17, 15) is 13.2 Å². The summed E-state index contributed by atoms with van der Waals surface area (Å²) in [6.07, 6.45) is 0.656. The van der Waals surface area contributed by atoms with Crippen LogP contribution < -0.4 is 4.90 Å². The Morgan fingerprint density at radius 3 is 2.56 bits per heavy atom. The smallest absolute Gasteiger partial charge is 0.243 e. The molecule has 0 radical (unpaired) electrons. The van der Waals surface area contributed by atoms with E-state index in [-0.39, 0.29) is 23.4 Å². The summed E-state index contributed by atoms with van der Waals surface area (Å²) in [6, 6.07) is 5.06. The van der Waals surface area contributed by atoms with Crippen LogP contribution in [0.1, 0.15) is 36.4 Å². The number of carbonyl (C=O) groups excluding carboxylic acids is 1. The van der Waals surface area contributed by atoms with E-state index in [4.69, 9.17) is 0 Å². The number of hydrogen-bond donors (Lipinski definition) is 0. The first-order chi connectivity index (χ1) is 12.5. The summed E-state index contributed by atoms with van der Waals surface area (Å²) in [5, 5.41) is 4.36. The van der Waals surface area contributed by atoms with E-state index in [2.05, 4.69) is 5.10 Å². The SMILES string of the molecule is CC(=O)N1c2ccc(S(=O)(=O)N(C)Cc3c(C)nn(C)c3C)cc2C[C@H]1C. The van der Waals surface area contributed by atoms with Crippen LogP contribution >= 0.6 is 0 Å². The maximum absolute atomic E-state index is 13.1. The van der Waals surface area contributed by atoms with Crippen LogP contribution in [0.4, 0.5) is 5.69 Å². The number of fused-ring (bicyclic) bond motifs is 1. The Morgan fingerprint density at radius 2 is 2.00 bits per heavy atom. The van der Waals surface area contributed by atoms with Gasteiger partial charge in [-0.15, -0.1) is 0 Å². The second kappa shape index (κ2) is 6.76. The number of aromatic nitrogens is 2. The lowest BCUT2D eigenvalue weighted by Gasteiger charge is -2.21. The van der Waals surface area contributed by atoms with Crippen LogP contribution in [0.2, 0.25) is 0 Å². The molecule has 0 aliphatic carbocycles. The number of aryl methyl sites for hydroxylation is 2. The van der Waals surface area contributed by atoms with Crippen molar-refractivity contribution in [2.45, 2.75) is 51.6 Å². The van der Waals surface area contributed by atoms with Crippen LogP contribution in [0.25, 0.3) is 0 Å². The quantitative estimate of drug-likeness (QED) is 0.802. The van der Waals surface area contributed by atoms with Gasteiger partial charge in [0.2, 0.25) is 15.9 Å². The number of amides is 1.